The van der Waals surface area contributed by atoms with E-state index in [2.05, 4.69) is 199 Å². The molecule has 10 aromatic rings. The average Bonchev–Trinajstić information content (AvgIpc) is 4.21. The number of hydrogen-bond acceptors (Lipinski definition) is 6. The van der Waals surface area contributed by atoms with Crippen molar-refractivity contribution in [3.63, 3.8) is 0 Å². The maximum Gasteiger partial charge on any atom is 0.310 e. The summed E-state index contributed by atoms with van der Waals surface area (Å²) in [6.07, 6.45) is 21.3. The highest BCUT2D eigenvalue weighted by molar-refractivity contribution is 5.88. The number of pyridine rings is 3. The highest BCUT2D eigenvalue weighted by Gasteiger charge is 2.14. The Kier molecular flexibility index (Phi) is 18.7. The lowest BCUT2D eigenvalue weighted by atomic mass is 10.1. The Balaban J connectivity index is 0.000000146. The van der Waals surface area contributed by atoms with Gasteiger partial charge in [0, 0.05) is 131 Å². The van der Waals surface area contributed by atoms with Crippen LogP contribution in [0.2, 0.25) is 0 Å². The molecule has 11 nitrogen and oxygen atoms in total. The van der Waals surface area contributed by atoms with Crippen LogP contribution in [0.1, 0.15) is 117 Å². The van der Waals surface area contributed by atoms with Gasteiger partial charge in [0.1, 0.15) is 12.3 Å². The summed E-state index contributed by atoms with van der Waals surface area (Å²) in [5, 5.41) is 6.21. The second-order valence-electron chi connectivity index (χ2n) is 18.8. The van der Waals surface area contributed by atoms with Gasteiger partial charge in [-0.2, -0.15) is 0 Å². The Bertz CT molecular complexity index is 2990. The molecule has 10 rings (SSSR count). The summed E-state index contributed by atoms with van der Waals surface area (Å²) in [6, 6.07) is 33.6. The number of esters is 1. The zero-order valence-electron chi connectivity index (χ0n) is 43.5. The van der Waals surface area contributed by atoms with Crippen molar-refractivity contribution in [3.8, 4) is 0 Å². The standard InChI is InChI=1S/C16H21NO3.C13H17N.3C10H12N2/c1-12(2)17-11-13(10-16(18)20-9-8-19-3)14-6-4-5-7-15(14)17;1-4-11-9-14(10(2)3)13-8-6-5-7-12(11)13;1-8(2)12-6-4-9-7-11-5-3-10(9)12;1-8(2)12-6-4-9-3-5-11-7-10(9)12;1-8(2)12-7-5-9-4-3-6-11-10(9)12/h4-7,11-12H,8-10H2,1-3H3;5-10H,4H2,1-3H3;3*3-8H,1-2H3. The fourth-order valence-corrected chi connectivity index (χ4v) is 8.58. The summed E-state index contributed by atoms with van der Waals surface area (Å²) in [6.45, 7) is 24.7. The normalized spacial score (nSPS) is 11.3. The van der Waals surface area contributed by atoms with Crippen molar-refractivity contribution < 1.29 is 14.3 Å². The van der Waals surface area contributed by atoms with Crippen LogP contribution in [-0.2, 0) is 27.1 Å². The molecule has 0 unspecified atom stereocenters. The zero-order chi connectivity index (χ0) is 50.3. The van der Waals surface area contributed by atoms with Gasteiger partial charge in [0.25, 0.3) is 0 Å². The first-order chi connectivity index (χ1) is 33.7. The molecule has 0 saturated heterocycles. The van der Waals surface area contributed by atoms with Gasteiger partial charge >= 0.3 is 5.97 Å². The van der Waals surface area contributed by atoms with E-state index in [9.17, 15) is 4.79 Å². The summed E-state index contributed by atoms with van der Waals surface area (Å²) in [5.74, 6) is -0.214. The molecule has 0 spiro atoms. The molecule has 0 fully saturated rings. The highest BCUT2D eigenvalue weighted by atomic mass is 16.6. The Morgan fingerprint density at radius 3 is 1.64 bits per heavy atom. The van der Waals surface area contributed by atoms with Crippen LogP contribution in [-0.4, -0.2) is 64.1 Å². The van der Waals surface area contributed by atoms with Crippen molar-refractivity contribution in [2.75, 3.05) is 20.3 Å². The second kappa shape index (κ2) is 25.0. The largest absolute Gasteiger partial charge is 0.463 e. The lowest BCUT2D eigenvalue weighted by Crippen LogP contribution is -2.11. The van der Waals surface area contributed by atoms with Crippen molar-refractivity contribution in [1.82, 2.24) is 37.8 Å². The van der Waals surface area contributed by atoms with Gasteiger partial charge in [0.15, 0.2) is 0 Å². The number of hydrogen-bond donors (Lipinski definition) is 0. The van der Waals surface area contributed by atoms with E-state index in [1.165, 1.54) is 43.7 Å². The molecule has 0 atom stereocenters. The fraction of sp³-hybridized carbons (Fsp3) is 0.356. The first kappa shape index (κ1) is 52.4. The predicted octanol–water partition coefficient (Wildman–Crippen LogP) is 14.6. The molecule has 0 aliphatic rings. The minimum atomic E-state index is -0.214. The highest BCUT2D eigenvalue weighted by Crippen LogP contribution is 2.27. The van der Waals surface area contributed by atoms with Crippen LogP contribution >= 0.6 is 0 Å². The summed E-state index contributed by atoms with van der Waals surface area (Å²) in [4.78, 5) is 24.3. The molecule has 368 valence electrons. The van der Waals surface area contributed by atoms with Crippen molar-refractivity contribution in [1.29, 1.82) is 0 Å². The quantitative estimate of drug-likeness (QED) is 0.0946. The molecule has 70 heavy (non-hydrogen) atoms. The van der Waals surface area contributed by atoms with Gasteiger partial charge < -0.3 is 32.3 Å². The van der Waals surface area contributed by atoms with Gasteiger partial charge in [-0.1, -0.05) is 43.3 Å². The predicted molar refractivity (Wildman–Crippen MR) is 291 cm³/mol. The Morgan fingerprint density at radius 2 is 1.03 bits per heavy atom. The topological polar surface area (TPSA) is 98.9 Å². The third kappa shape index (κ3) is 13.0. The lowest BCUT2D eigenvalue weighted by molar-refractivity contribution is -0.144. The lowest BCUT2D eigenvalue weighted by Gasteiger charge is -2.08. The second-order valence-corrected chi connectivity index (χ2v) is 18.8. The van der Waals surface area contributed by atoms with Gasteiger partial charge in [0.2, 0.25) is 0 Å². The third-order valence-corrected chi connectivity index (χ3v) is 12.2. The molecule has 0 amide bonds. The SMILES string of the molecule is CC(C)n1ccc2cccnc21.CC(C)n1ccc2ccncc21.CC(C)n1ccc2cnccc21.CCc1cn(C(C)C)c2ccccc12.COCCOC(=O)Cc1cn(C(C)C)c2ccccc12. The average molecular weight is 943 g/mol. The summed E-state index contributed by atoms with van der Waals surface area (Å²) >= 11 is 0. The number of aryl methyl sites for hydroxylation is 1. The molecule has 0 aliphatic carbocycles. The van der Waals surface area contributed by atoms with Gasteiger partial charge in [-0.05, 0) is 141 Å². The number of methoxy groups -OCH3 is 1. The van der Waals surface area contributed by atoms with Crippen LogP contribution in [0.3, 0.4) is 0 Å². The van der Waals surface area contributed by atoms with E-state index >= 15 is 0 Å². The minimum Gasteiger partial charge on any atom is -0.463 e. The molecule has 8 heterocycles. The van der Waals surface area contributed by atoms with Crippen LogP contribution in [0.5, 0.6) is 0 Å². The maximum atomic E-state index is 11.8. The van der Waals surface area contributed by atoms with Gasteiger partial charge in [-0.25, -0.2) is 4.98 Å². The van der Waals surface area contributed by atoms with Crippen LogP contribution in [0.4, 0.5) is 0 Å². The number of carbonyl (C=O) groups is 1. The van der Waals surface area contributed by atoms with E-state index in [0.717, 1.165) is 28.5 Å². The molecule has 0 bridgehead atoms. The summed E-state index contributed by atoms with van der Waals surface area (Å²) in [7, 11) is 1.59. The number of rotatable bonds is 11. The third-order valence-electron chi connectivity index (χ3n) is 12.2. The first-order valence-corrected chi connectivity index (χ1v) is 24.8. The number of aromatic nitrogens is 8. The number of ether oxygens (including phenoxy) is 2. The molecule has 2 aromatic carbocycles. The summed E-state index contributed by atoms with van der Waals surface area (Å²) < 4.78 is 21.2. The molecule has 0 N–H and O–H groups in total. The van der Waals surface area contributed by atoms with Crippen LogP contribution in [0, 0.1) is 0 Å². The van der Waals surface area contributed by atoms with Crippen molar-refractivity contribution >= 4 is 60.6 Å². The number of carbonyl (C=O) groups excluding carboxylic acids is 1. The number of nitrogens with zero attached hydrogens (tertiary/aromatic N) is 8. The van der Waals surface area contributed by atoms with Gasteiger partial charge in [0.05, 0.1) is 30.3 Å². The van der Waals surface area contributed by atoms with Crippen molar-refractivity contribution in [3.05, 3.63) is 164 Å². The zero-order valence-corrected chi connectivity index (χ0v) is 43.5. The first-order valence-electron chi connectivity index (χ1n) is 24.8. The van der Waals surface area contributed by atoms with E-state index in [-0.39, 0.29) is 5.97 Å². The van der Waals surface area contributed by atoms with Crippen LogP contribution in [0.15, 0.2) is 153 Å². The smallest absolute Gasteiger partial charge is 0.310 e. The minimum absolute atomic E-state index is 0.214. The Hall–Kier alpha value is -6.98. The molecule has 0 saturated carbocycles. The Labute approximate surface area is 414 Å². The van der Waals surface area contributed by atoms with Crippen LogP contribution in [0.25, 0.3) is 54.6 Å². The molecule has 0 aliphatic heterocycles. The van der Waals surface area contributed by atoms with Crippen LogP contribution < -0.4 is 0 Å². The Morgan fingerprint density at radius 1 is 0.500 bits per heavy atom. The number of benzene rings is 2. The molecule has 0 radical (unpaired) electrons. The van der Waals surface area contributed by atoms with Crippen molar-refractivity contribution in [2.45, 2.75) is 119 Å². The van der Waals surface area contributed by atoms with E-state index in [1.54, 1.807) is 7.11 Å². The fourth-order valence-electron chi connectivity index (χ4n) is 8.58. The van der Waals surface area contributed by atoms with Gasteiger partial charge in [-0.3, -0.25) is 14.8 Å². The number of fused-ring (bicyclic) bond motifs is 5. The number of para-hydroxylation sites is 2. The monoisotopic (exact) mass is 943 g/mol. The van der Waals surface area contributed by atoms with Gasteiger partial charge in [-0.15, -0.1) is 0 Å². The van der Waals surface area contributed by atoms with E-state index in [1.807, 2.05) is 67.5 Å². The van der Waals surface area contributed by atoms with E-state index < -0.39 is 0 Å². The van der Waals surface area contributed by atoms with E-state index in [0.29, 0.717) is 49.8 Å². The molecule has 8 aromatic heterocycles. The molecular weight excluding hydrogens is 869 g/mol. The summed E-state index contributed by atoms with van der Waals surface area (Å²) in [5.41, 5.74) is 8.53. The molecule has 11 heteroatoms. The van der Waals surface area contributed by atoms with E-state index in [4.69, 9.17) is 9.47 Å². The van der Waals surface area contributed by atoms with Crippen molar-refractivity contribution in [2.24, 2.45) is 0 Å². The molecular formula is C59H74N8O3. The maximum absolute atomic E-state index is 11.8.